The predicted octanol–water partition coefficient (Wildman–Crippen LogP) is 4.41. The van der Waals surface area contributed by atoms with E-state index < -0.39 is 11.9 Å². The first-order valence-electron chi connectivity index (χ1n) is 6.43. The number of pyridine rings is 1. The van der Waals surface area contributed by atoms with E-state index in [-0.39, 0.29) is 11.9 Å². The molecule has 0 aliphatic rings. The molecule has 0 saturated heterocycles. The summed E-state index contributed by atoms with van der Waals surface area (Å²) < 4.78 is 40.0. The molecule has 7 heteroatoms. The van der Waals surface area contributed by atoms with Gasteiger partial charge in [0.15, 0.2) is 11.5 Å². The third kappa shape index (κ3) is 3.58. The van der Waals surface area contributed by atoms with Gasteiger partial charge in [0, 0.05) is 24.2 Å². The van der Waals surface area contributed by atoms with Crippen LogP contribution in [0.15, 0.2) is 24.5 Å². The van der Waals surface area contributed by atoms with Crippen molar-refractivity contribution in [2.75, 3.05) is 6.26 Å². The Labute approximate surface area is 125 Å². The number of thioether (sulfide) groups is 1. The number of nitrogens with zero attached hydrogens (tertiary/aromatic N) is 3. The molecule has 0 fully saturated rings. The Morgan fingerprint density at radius 3 is 2.48 bits per heavy atom. The lowest BCUT2D eigenvalue weighted by molar-refractivity contribution is -0.140. The van der Waals surface area contributed by atoms with Crippen molar-refractivity contribution >= 4 is 11.8 Å². The topological polar surface area (TPSA) is 30.7 Å². The van der Waals surface area contributed by atoms with Gasteiger partial charge in [-0.1, -0.05) is 6.07 Å². The molecule has 114 valence electrons. The van der Waals surface area contributed by atoms with Crippen LogP contribution < -0.4 is 0 Å². The van der Waals surface area contributed by atoms with Gasteiger partial charge in [-0.15, -0.1) is 0 Å². The van der Waals surface area contributed by atoms with E-state index in [1.165, 1.54) is 4.57 Å². The first-order valence-corrected chi connectivity index (χ1v) is 7.82. The van der Waals surface area contributed by atoms with Crippen LogP contribution in [0.5, 0.6) is 0 Å². The Morgan fingerprint density at radius 1 is 1.29 bits per heavy atom. The fraction of sp³-hybridized carbons (Fsp3) is 0.429. The first kappa shape index (κ1) is 15.9. The van der Waals surface area contributed by atoms with Gasteiger partial charge in [-0.25, -0.2) is 4.98 Å². The lowest BCUT2D eigenvalue weighted by Gasteiger charge is -2.10. The number of rotatable bonds is 4. The maximum absolute atomic E-state index is 12.8. The molecule has 0 amide bonds. The molecule has 0 aliphatic carbocycles. The molecule has 21 heavy (non-hydrogen) atoms. The molecule has 0 aliphatic heterocycles. The highest BCUT2D eigenvalue weighted by Crippen LogP contribution is 2.32. The van der Waals surface area contributed by atoms with E-state index in [0.717, 1.165) is 17.5 Å². The predicted molar refractivity (Wildman–Crippen MR) is 78.1 cm³/mol. The number of aromatic nitrogens is 3. The fourth-order valence-electron chi connectivity index (χ4n) is 1.92. The summed E-state index contributed by atoms with van der Waals surface area (Å²) >= 11 is 1.66. The Bertz CT molecular complexity index is 603. The third-order valence-electron chi connectivity index (χ3n) is 2.94. The van der Waals surface area contributed by atoms with Crippen LogP contribution in [0.1, 0.15) is 31.1 Å². The van der Waals surface area contributed by atoms with E-state index in [1.807, 2.05) is 26.2 Å². The second-order valence-corrected chi connectivity index (χ2v) is 5.80. The molecule has 0 N–H and O–H groups in total. The molecular formula is C14H16F3N3S. The summed E-state index contributed by atoms with van der Waals surface area (Å²) in [5.74, 6) is 1.06. The maximum atomic E-state index is 12.8. The number of alkyl halides is 3. The molecule has 3 nitrogen and oxygen atoms in total. The molecule has 2 heterocycles. The zero-order valence-corrected chi connectivity index (χ0v) is 12.8. The number of imidazole rings is 1. The van der Waals surface area contributed by atoms with E-state index in [0.29, 0.717) is 5.69 Å². The highest BCUT2D eigenvalue weighted by Gasteiger charge is 2.35. The second kappa shape index (κ2) is 6.09. The summed E-state index contributed by atoms with van der Waals surface area (Å²) in [5.41, 5.74) is 0.593. The van der Waals surface area contributed by atoms with Crippen LogP contribution >= 0.6 is 11.8 Å². The maximum Gasteiger partial charge on any atom is 0.434 e. The van der Waals surface area contributed by atoms with Crippen LogP contribution in [0.2, 0.25) is 0 Å². The van der Waals surface area contributed by atoms with Crippen molar-refractivity contribution in [1.29, 1.82) is 0 Å². The molecule has 0 aromatic carbocycles. The molecule has 0 unspecified atom stereocenters. The van der Waals surface area contributed by atoms with Crippen molar-refractivity contribution in [1.82, 2.24) is 14.5 Å². The van der Waals surface area contributed by atoms with Crippen molar-refractivity contribution in [2.45, 2.75) is 31.8 Å². The molecule has 2 aromatic heterocycles. The zero-order valence-electron chi connectivity index (χ0n) is 12.0. The third-order valence-corrected chi connectivity index (χ3v) is 3.57. The van der Waals surface area contributed by atoms with Crippen LogP contribution in [-0.2, 0) is 11.9 Å². The minimum absolute atomic E-state index is 0.128. The van der Waals surface area contributed by atoms with Gasteiger partial charge in [0.2, 0.25) is 0 Å². The Balaban J connectivity index is 2.44. The molecule has 0 bridgehead atoms. The molecule has 0 saturated carbocycles. The molecule has 0 spiro atoms. The summed E-state index contributed by atoms with van der Waals surface area (Å²) in [5, 5.41) is 0. The summed E-state index contributed by atoms with van der Waals surface area (Å²) in [6, 6.07) is 3.45. The standard InChI is InChI=1S/C14H16F3N3S/c1-9(2)20-7-12(14(15,16)17)19-13(20)11-5-4-10(6-18-11)8-21-3/h4-7,9H,8H2,1-3H3. The van der Waals surface area contributed by atoms with Crippen molar-refractivity contribution in [3.8, 4) is 11.5 Å². The molecule has 0 atom stereocenters. The van der Waals surface area contributed by atoms with E-state index >= 15 is 0 Å². The second-order valence-electron chi connectivity index (χ2n) is 4.93. The van der Waals surface area contributed by atoms with Crippen molar-refractivity contribution in [2.24, 2.45) is 0 Å². The van der Waals surface area contributed by atoms with Gasteiger partial charge >= 0.3 is 6.18 Å². The quantitative estimate of drug-likeness (QED) is 0.837. The monoisotopic (exact) mass is 315 g/mol. The minimum atomic E-state index is -4.45. The first-order chi connectivity index (χ1) is 9.82. The average Bonchev–Trinajstić information content (AvgIpc) is 2.85. The number of hydrogen-bond donors (Lipinski definition) is 0. The van der Waals surface area contributed by atoms with Crippen molar-refractivity contribution in [3.63, 3.8) is 0 Å². The molecular weight excluding hydrogens is 299 g/mol. The number of hydrogen-bond acceptors (Lipinski definition) is 3. The smallest absolute Gasteiger partial charge is 0.327 e. The molecule has 2 aromatic rings. The highest BCUT2D eigenvalue weighted by atomic mass is 32.2. The van der Waals surface area contributed by atoms with Crippen molar-refractivity contribution < 1.29 is 13.2 Å². The summed E-state index contributed by atoms with van der Waals surface area (Å²) in [4.78, 5) is 7.96. The van der Waals surface area contributed by atoms with Crippen LogP contribution in [0.3, 0.4) is 0 Å². The normalized spacial score (nSPS) is 12.1. The van der Waals surface area contributed by atoms with Gasteiger partial charge in [0.1, 0.15) is 5.69 Å². The summed E-state index contributed by atoms with van der Waals surface area (Å²) in [7, 11) is 0. The van der Waals surface area contributed by atoms with Crippen LogP contribution in [0.25, 0.3) is 11.5 Å². The minimum Gasteiger partial charge on any atom is -0.327 e. The van der Waals surface area contributed by atoms with E-state index in [2.05, 4.69) is 9.97 Å². The van der Waals surface area contributed by atoms with E-state index in [4.69, 9.17) is 0 Å². The SMILES string of the molecule is CSCc1ccc(-c2nc(C(F)(F)F)cn2C(C)C)nc1. The van der Waals surface area contributed by atoms with Crippen molar-refractivity contribution in [3.05, 3.63) is 35.8 Å². The van der Waals surface area contributed by atoms with Gasteiger partial charge in [-0.3, -0.25) is 4.98 Å². The average molecular weight is 315 g/mol. The molecule has 2 rings (SSSR count). The molecule has 0 radical (unpaired) electrons. The van der Waals surface area contributed by atoms with Gasteiger partial charge in [0.05, 0.1) is 0 Å². The van der Waals surface area contributed by atoms with Gasteiger partial charge in [-0.2, -0.15) is 24.9 Å². The highest BCUT2D eigenvalue weighted by molar-refractivity contribution is 7.97. The van der Waals surface area contributed by atoms with E-state index in [1.54, 1.807) is 24.0 Å². The Morgan fingerprint density at radius 2 is 2.00 bits per heavy atom. The Kier molecular flexibility index (Phi) is 4.61. The summed E-state index contributed by atoms with van der Waals surface area (Å²) in [6.07, 6.45) is 0.249. The Hall–Kier alpha value is -1.50. The van der Waals surface area contributed by atoms with Crippen LogP contribution in [0.4, 0.5) is 13.2 Å². The van der Waals surface area contributed by atoms with Crippen LogP contribution in [0, 0.1) is 0 Å². The lowest BCUT2D eigenvalue weighted by Crippen LogP contribution is -2.05. The lowest BCUT2D eigenvalue weighted by atomic mass is 10.2. The largest absolute Gasteiger partial charge is 0.434 e. The summed E-state index contributed by atoms with van der Waals surface area (Å²) in [6.45, 7) is 3.63. The zero-order chi connectivity index (χ0) is 15.6. The van der Waals surface area contributed by atoms with Gasteiger partial charge in [0.25, 0.3) is 0 Å². The number of halogens is 3. The van der Waals surface area contributed by atoms with Gasteiger partial charge in [-0.05, 0) is 31.7 Å². The van der Waals surface area contributed by atoms with Gasteiger partial charge < -0.3 is 4.57 Å². The fourth-order valence-corrected chi connectivity index (χ4v) is 2.43. The van der Waals surface area contributed by atoms with Crippen LogP contribution in [-0.4, -0.2) is 20.8 Å². The van der Waals surface area contributed by atoms with E-state index in [9.17, 15) is 13.2 Å².